The highest BCUT2D eigenvalue weighted by molar-refractivity contribution is 5.94. The molecular weight excluding hydrogens is 312 g/mol. The summed E-state index contributed by atoms with van der Waals surface area (Å²) in [5, 5.41) is 0. The quantitative estimate of drug-likeness (QED) is 0.840. The van der Waals surface area contributed by atoms with E-state index in [0.717, 1.165) is 50.5 Å². The van der Waals surface area contributed by atoms with Gasteiger partial charge in [-0.05, 0) is 37.1 Å². The zero-order valence-electron chi connectivity index (χ0n) is 15.1. The summed E-state index contributed by atoms with van der Waals surface area (Å²) in [4.78, 5) is 17.0. The maximum absolute atomic E-state index is 12.6. The number of hydrogen-bond donors (Lipinski definition) is 0. The molecule has 0 aliphatic carbocycles. The molecule has 0 spiro atoms. The normalized spacial score (nSPS) is 15.2. The molecule has 2 aromatic carbocycles. The first-order valence-electron chi connectivity index (χ1n) is 8.87. The summed E-state index contributed by atoms with van der Waals surface area (Å²) >= 11 is 0. The van der Waals surface area contributed by atoms with Crippen LogP contribution in [0.1, 0.15) is 21.5 Å². The van der Waals surface area contributed by atoms with Gasteiger partial charge in [0.05, 0.1) is 7.11 Å². The van der Waals surface area contributed by atoms with Gasteiger partial charge in [-0.25, -0.2) is 0 Å². The zero-order valence-corrected chi connectivity index (χ0v) is 15.1. The number of amides is 1. The standard InChI is InChI=1S/C21H26N2O2/c1-17-7-9-19(10-8-17)21(24)23-15-13-22(14-16-23)12-11-18-5-3-4-6-20(18)25-2/h3-10H,11-16H2,1-2H3. The van der Waals surface area contributed by atoms with Crippen LogP contribution in [0, 0.1) is 6.92 Å². The van der Waals surface area contributed by atoms with E-state index in [2.05, 4.69) is 17.0 Å². The number of carbonyl (C=O) groups excluding carboxylic acids is 1. The molecule has 0 atom stereocenters. The second-order valence-electron chi connectivity index (χ2n) is 6.56. The van der Waals surface area contributed by atoms with Crippen molar-refractivity contribution in [1.29, 1.82) is 0 Å². The molecule has 1 aliphatic heterocycles. The topological polar surface area (TPSA) is 32.8 Å². The minimum atomic E-state index is 0.143. The summed E-state index contributed by atoms with van der Waals surface area (Å²) in [6.45, 7) is 6.46. The summed E-state index contributed by atoms with van der Waals surface area (Å²) in [6.07, 6.45) is 0.968. The van der Waals surface area contributed by atoms with Crippen LogP contribution in [0.4, 0.5) is 0 Å². The lowest BCUT2D eigenvalue weighted by Gasteiger charge is -2.34. The number of piperazine rings is 1. The van der Waals surface area contributed by atoms with Crippen LogP contribution in [0.5, 0.6) is 5.75 Å². The molecule has 3 rings (SSSR count). The molecule has 0 saturated carbocycles. The summed E-state index contributed by atoms with van der Waals surface area (Å²) in [6, 6.07) is 16.0. The van der Waals surface area contributed by atoms with Gasteiger partial charge in [-0.3, -0.25) is 9.69 Å². The number of ether oxygens (including phenoxy) is 1. The number of para-hydroxylation sites is 1. The van der Waals surface area contributed by atoms with Crippen LogP contribution in [-0.4, -0.2) is 55.5 Å². The van der Waals surface area contributed by atoms with E-state index in [-0.39, 0.29) is 5.91 Å². The lowest BCUT2D eigenvalue weighted by molar-refractivity contribution is 0.0638. The van der Waals surface area contributed by atoms with E-state index >= 15 is 0 Å². The first-order valence-corrected chi connectivity index (χ1v) is 8.87. The number of hydrogen-bond acceptors (Lipinski definition) is 3. The van der Waals surface area contributed by atoms with Gasteiger partial charge in [0.1, 0.15) is 5.75 Å². The van der Waals surface area contributed by atoms with Gasteiger partial charge in [0.25, 0.3) is 5.91 Å². The molecule has 1 aliphatic rings. The van der Waals surface area contributed by atoms with Gasteiger partial charge in [0.15, 0.2) is 0 Å². The molecule has 0 unspecified atom stereocenters. The van der Waals surface area contributed by atoms with Crippen LogP contribution in [0.2, 0.25) is 0 Å². The Bertz CT molecular complexity index is 704. The molecule has 0 aromatic heterocycles. The Balaban J connectivity index is 1.50. The molecular formula is C21H26N2O2. The lowest BCUT2D eigenvalue weighted by Crippen LogP contribution is -2.49. The van der Waals surface area contributed by atoms with E-state index in [0.29, 0.717) is 0 Å². The van der Waals surface area contributed by atoms with Gasteiger partial charge in [-0.2, -0.15) is 0 Å². The minimum absolute atomic E-state index is 0.143. The number of aryl methyl sites for hydroxylation is 1. The molecule has 1 amide bonds. The fourth-order valence-electron chi connectivity index (χ4n) is 3.24. The van der Waals surface area contributed by atoms with E-state index in [1.165, 1.54) is 11.1 Å². The molecule has 4 heteroatoms. The van der Waals surface area contributed by atoms with Crippen molar-refractivity contribution in [2.75, 3.05) is 39.8 Å². The van der Waals surface area contributed by atoms with Crippen LogP contribution in [0.15, 0.2) is 48.5 Å². The second kappa shape index (κ2) is 8.17. The van der Waals surface area contributed by atoms with Gasteiger partial charge in [0, 0.05) is 38.3 Å². The number of methoxy groups -OCH3 is 1. The number of carbonyl (C=O) groups is 1. The van der Waals surface area contributed by atoms with E-state index in [1.807, 2.05) is 48.2 Å². The predicted molar refractivity (Wildman–Crippen MR) is 100 cm³/mol. The Morgan fingerprint density at radius 2 is 1.68 bits per heavy atom. The molecule has 132 valence electrons. The molecule has 0 N–H and O–H groups in total. The zero-order chi connectivity index (χ0) is 17.6. The molecule has 0 bridgehead atoms. The van der Waals surface area contributed by atoms with Crippen molar-refractivity contribution in [3.8, 4) is 5.75 Å². The highest BCUT2D eigenvalue weighted by atomic mass is 16.5. The Morgan fingerprint density at radius 3 is 2.36 bits per heavy atom. The van der Waals surface area contributed by atoms with E-state index < -0.39 is 0 Å². The van der Waals surface area contributed by atoms with Gasteiger partial charge in [0.2, 0.25) is 0 Å². The summed E-state index contributed by atoms with van der Waals surface area (Å²) in [7, 11) is 1.72. The highest BCUT2D eigenvalue weighted by Gasteiger charge is 2.22. The van der Waals surface area contributed by atoms with Crippen molar-refractivity contribution in [2.45, 2.75) is 13.3 Å². The lowest BCUT2D eigenvalue weighted by atomic mass is 10.1. The van der Waals surface area contributed by atoms with Crippen LogP contribution in [0.3, 0.4) is 0 Å². The fourth-order valence-corrected chi connectivity index (χ4v) is 3.24. The van der Waals surface area contributed by atoms with Gasteiger partial charge < -0.3 is 9.64 Å². The maximum Gasteiger partial charge on any atom is 0.253 e. The van der Waals surface area contributed by atoms with Crippen molar-refractivity contribution in [3.63, 3.8) is 0 Å². The van der Waals surface area contributed by atoms with Crippen LogP contribution >= 0.6 is 0 Å². The summed E-state index contributed by atoms with van der Waals surface area (Å²) in [5.74, 6) is 1.10. The van der Waals surface area contributed by atoms with Crippen molar-refractivity contribution < 1.29 is 9.53 Å². The Kier molecular flexibility index (Phi) is 5.71. The summed E-state index contributed by atoms with van der Waals surface area (Å²) in [5.41, 5.74) is 3.20. The average molecular weight is 338 g/mol. The number of rotatable bonds is 5. The van der Waals surface area contributed by atoms with Crippen LogP contribution in [0.25, 0.3) is 0 Å². The fraction of sp³-hybridized carbons (Fsp3) is 0.381. The molecule has 25 heavy (non-hydrogen) atoms. The molecule has 4 nitrogen and oxygen atoms in total. The van der Waals surface area contributed by atoms with Crippen LogP contribution < -0.4 is 4.74 Å². The van der Waals surface area contributed by atoms with E-state index in [9.17, 15) is 4.79 Å². The first-order chi connectivity index (χ1) is 12.2. The molecule has 1 fully saturated rings. The smallest absolute Gasteiger partial charge is 0.253 e. The molecule has 0 radical (unpaired) electrons. The third kappa shape index (κ3) is 4.40. The van der Waals surface area contributed by atoms with E-state index in [1.54, 1.807) is 7.11 Å². The molecule has 1 heterocycles. The third-order valence-corrected chi connectivity index (χ3v) is 4.85. The number of benzene rings is 2. The first kappa shape index (κ1) is 17.5. The largest absolute Gasteiger partial charge is 0.496 e. The maximum atomic E-state index is 12.6. The van der Waals surface area contributed by atoms with E-state index in [4.69, 9.17) is 4.74 Å². The van der Waals surface area contributed by atoms with Crippen molar-refractivity contribution in [2.24, 2.45) is 0 Å². The van der Waals surface area contributed by atoms with Crippen molar-refractivity contribution in [3.05, 3.63) is 65.2 Å². The predicted octanol–water partition coefficient (Wildman–Crippen LogP) is 3.00. The average Bonchev–Trinajstić information content (AvgIpc) is 2.67. The number of nitrogens with zero attached hydrogens (tertiary/aromatic N) is 2. The highest BCUT2D eigenvalue weighted by Crippen LogP contribution is 2.18. The van der Waals surface area contributed by atoms with Crippen molar-refractivity contribution >= 4 is 5.91 Å². The van der Waals surface area contributed by atoms with Gasteiger partial charge in [-0.1, -0.05) is 35.9 Å². The summed E-state index contributed by atoms with van der Waals surface area (Å²) < 4.78 is 5.42. The third-order valence-electron chi connectivity index (χ3n) is 4.85. The van der Waals surface area contributed by atoms with Crippen molar-refractivity contribution in [1.82, 2.24) is 9.80 Å². The molecule has 2 aromatic rings. The van der Waals surface area contributed by atoms with Gasteiger partial charge >= 0.3 is 0 Å². The Hall–Kier alpha value is -2.33. The van der Waals surface area contributed by atoms with Gasteiger partial charge in [-0.15, -0.1) is 0 Å². The Labute approximate surface area is 150 Å². The monoisotopic (exact) mass is 338 g/mol. The van der Waals surface area contributed by atoms with Crippen LogP contribution in [-0.2, 0) is 6.42 Å². The second-order valence-corrected chi connectivity index (χ2v) is 6.56. The SMILES string of the molecule is COc1ccccc1CCN1CCN(C(=O)c2ccc(C)cc2)CC1. The minimum Gasteiger partial charge on any atom is -0.496 e. The molecule has 1 saturated heterocycles. The Morgan fingerprint density at radius 1 is 1.00 bits per heavy atom.